The van der Waals surface area contributed by atoms with Gasteiger partial charge < -0.3 is 15.2 Å². The summed E-state index contributed by atoms with van der Waals surface area (Å²) in [7, 11) is 0. The van der Waals surface area contributed by atoms with Gasteiger partial charge in [-0.2, -0.15) is 0 Å². The minimum absolute atomic E-state index is 0.113. The summed E-state index contributed by atoms with van der Waals surface area (Å²) in [5.74, 6) is 0.487. The van der Waals surface area contributed by atoms with Crippen molar-refractivity contribution in [2.75, 3.05) is 11.9 Å². The molecule has 6 heteroatoms. The maximum Gasteiger partial charge on any atom is 0.412 e. The summed E-state index contributed by atoms with van der Waals surface area (Å²) in [5, 5.41) is 2.62. The molecule has 0 saturated carbocycles. The number of nitrogens with two attached hydrogens (primary N) is 1. The van der Waals surface area contributed by atoms with Crippen LogP contribution < -0.4 is 15.8 Å². The normalized spacial score (nSPS) is 10.7. The highest BCUT2D eigenvalue weighted by Crippen LogP contribution is 2.24. The SMILES string of the molecule is CC(C)(C)OC(=O)Nc1ccccc1OCC(N)=S. The lowest BCUT2D eigenvalue weighted by atomic mass is 10.2. The number of anilines is 1. The second-order valence-corrected chi connectivity index (χ2v) is 5.40. The summed E-state index contributed by atoms with van der Waals surface area (Å²) < 4.78 is 10.6. The first-order chi connectivity index (χ1) is 8.78. The molecule has 0 heterocycles. The van der Waals surface area contributed by atoms with Gasteiger partial charge in [0.15, 0.2) is 0 Å². The number of hydrogen-bond donors (Lipinski definition) is 2. The predicted molar refractivity (Wildman–Crippen MR) is 78.6 cm³/mol. The summed E-state index contributed by atoms with van der Waals surface area (Å²) in [6.07, 6.45) is -0.543. The van der Waals surface area contributed by atoms with Crippen molar-refractivity contribution in [1.82, 2.24) is 0 Å². The van der Waals surface area contributed by atoms with Crippen molar-refractivity contribution >= 4 is 29.0 Å². The second kappa shape index (κ2) is 6.38. The minimum atomic E-state index is -0.557. The molecule has 0 aliphatic rings. The van der Waals surface area contributed by atoms with Gasteiger partial charge in [0.1, 0.15) is 22.9 Å². The summed E-state index contributed by atoms with van der Waals surface area (Å²) in [4.78, 5) is 11.9. The van der Waals surface area contributed by atoms with Crippen molar-refractivity contribution in [2.24, 2.45) is 5.73 Å². The Morgan fingerprint density at radius 2 is 2.00 bits per heavy atom. The van der Waals surface area contributed by atoms with E-state index in [0.717, 1.165) is 0 Å². The highest BCUT2D eigenvalue weighted by molar-refractivity contribution is 7.80. The van der Waals surface area contributed by atoms with Gasteiger partial charge in [-0.15, -0.1) is 0 Å². The van der Waals surface area contributed by atoms with Crippen LogP contribution in [0.3, 0.4) is 0 Å². The first-order valence-corrected chi connectivity index (χ1v) is 6.19. The van der Waals surface area contributed by atoms with Gasteiger partial charge in [0.25, 0.3) is 0 Å². The molecule has 0 bridgehead atoms. The van der Waals surface area contributed by atoms with Crippen molar-refractivity contribution in [1.29, 1.82) is 0 Å². The van der Waals surface area contributed by atoms with Crippen molar-refractivity contribution in [3.63, 3.8) is 0 Å². The van der Waals surface area contributed by atoms with Crippen LogP contribution in [0.15, 0.2) is 24.3 Å². The quantitative estimate of drug-likeness (QED) is 0.831. The number of ether oxygens (including phenoxy) is 2. The van der Waals surface area contributed by atoms with Gasteiger partial charge >= 0.3 is 6.09 Å². The van der Waals surface area contributed by atoms with Crippen LogP contribution in [0, 0.1) is 0 Å². The number of carbonyl (C=O) groups is 1. The molecule has 0 spiro atoms. The number of benzene rings is 1. The Morgan fingerprint density at radius 1 is 1.37 bits per heavy atom. The zero-order valence-electron chi connectivity index (χ0n) is 11.2. The fourth-order valence-corrected chi connectivity index (χ4v) is 1.32. The summed E-state index contributed by atoms with van der Waals surface area (Å²) in [6, 6.07) is 6.99. The summed E-state index contributed by atoms with van der Waals surface area (Å²) in [6.45, 7) is 5.49. The van der Waals surface area contributed by atoms with Gasteiger partial charge in [0, 0.05) is 0 Å². The van der Waals surface area contributed by atoms with Crippen LogP contribution in [0.1, 0.15) is 20.8 Å². The van der Waals surface area contributed by atoms with E-state index in [1.165, 1.54) is 0 Å². The zero-order chi connectivity index (χ0) is 14.5. The molecule has 0 aliphatic carbocycles. The lowest BCUT2D eigenvalue weighted by Crippen LogP contribution is -2.27. The van der Waals surface area contributed by atoms with Crippen LogP contribution in [-0.4, -0.2) is 23.3 Å². The number of para-hydroxylation sites is 2. The van der Waals surface area contributed by atoms with Crippen LogP contribution in [0.2, 0.25) is 0 Å². The molecule has 0 radical (unpaired) electrons. The highest BCUT2D eigenvalue weighted by atomic mass is 32.1. The Bertz CT molecular complexity index is 469. The first-order valence-electron chi connectivity index (χ1n) is 5.78. The largest absolute Gasteiger partial charge is 0.484 e. The van der Waals surface area contributed by atoms with Crippen molar-refractivity contribution in [3.8, 4) is 5.75 Å². The Morgan fingerprint density at radius 3 is 2.58 bits per heavy atom. The molecule has 19 heavy (non-hydrogen) atoms. The zero-order valence-corrected chi connectivity index (χ0v) is 12.0. The van der Waals surface area contributed by atoms with Crippen LogP contribution in [0.5, 0.6) is 5.75 Å². The standard InChI is InChI=1S/C13H18N2O3S/c1-13(2,3)18-12(16)15-9-6-4-5-7-10(9)17-8-11(14)19/h4-7H,8H2,1-3H3,(H2,14,19)(H,15,16). The van der Waals surface area contributed by atoms with Crippen LogP contribution >= 0.6 is 12.2 Å². The Kier molecular flexibility index (Phi) is 5.11. The van der Waals surface area contributed by atoms with Crippen molar-refractivity contribution in [2.45, 2.75) is 26.4 Å². The number of rotatable bonds is 4. The molecule has 1 aromatic rings. The number of amides is 1. The van der Waals surface area contributed by atoms with E-state index < -0.39 is 11.7 Å². The molecular formula is C13H18N2O3S. The third-order valence-electron chi connectivity index (χ3n) is 1.89. The monoisotopic (exact) mass is 282 g/mol. The molecule has 0 aromatic heterocycles. The molecule has 5 nitrogen and oxygen atoms in total. The topological polar surface area (TPSA) is 73.6 Å². The maximum absolute atomic E-state index is 11.7. The summed E-state index contributed by atoms with van der Waals surface area (Å²) in [5.41, 5.74) is 5.32. The van der Waals surface area contributed by atoms with E-state index in [1.807, 2.05) is 0 Å². The van der Waals surface area contributed by atoms with E-state index in [4.69, 9.17) is 27.4 Å². The van der Waals surface area contributed by atoms with Gasteiger partial charge in [0.2, 0.25) is 0 Å². The Labute approximate surface area is 118 Å². The maximum atomic E-state index is 11.7. The lowest BCUT2D eigenvalue weighted by molar-refractivity contribution is 0.0635. The fraction of sp³-hybridized carbons (Fsp3) is 0.385. The van der Waals surface area contributed by atoms with Crippen LogP contribution in [0.25, 0.3) is 0 Å². The number of thiocarbonyl (C=S) groups is 1. The van der Waals surface area contributed by atoms with Crippen molar-refractivity contribution < 1.29 is 14.3 Å². The molecule has 0 saturated heterocycles. The van der Waals surface area contributed by atoms with E-state index >= 15 is 0 Å². The average molecular weight is 282 g/mol. The minimum Gasteiger partial charge on any atom is -0.484 e. The molecule has 0 atom stereocenters. The molecule has 0 unspecified atom stereocenters. The molecule has 0 aliphatic heterocycles. The third kappa shape index (κ3) is 6.05. The first kappa shape index (κ1) is 15.2. The van der Waals surface area contributed by atoms with Gasteiger partial charge in [-0.1, -0.05) is 24.4 Å². The van der Waals surface area contributed by atoms with Gasteiger partial charge in [-0.25, -0.2) is 4.79 Å². The molecular weight excluding hydrogens is 264 g/mol. The Balaban J connectivity index is 2.72. The third-order valence-corrected chi connectivity index (χ3v) is 2.01. The van der Waals surface area contributed by atoms with Gasteiger partial charge in [-0.3, -0.25) is 5.32 Å². The fourth-order valence-electron chi connectivity index (χ4n) is 1.26. The predicted octanol–water partition coefficient (Wildman–Crippen LogP) is 2.70. The molecule has 104 valence electrons. The molecule has 1 rings (SSSR count). The summed E-state index contributed by atoms with van der Waals surface area (Å²) >= 11 is 4.74. The Hall–Kier alpha value is -1.82. The van der Waals surface area contributed by atoms with Gasteiger partial charge in [0.05, 0.1) is 5.69 Å². The highest BCUT2D eigenvalue weighted by Gasteiger charge is 2.17. The van der Waals surface area contributed by atoms with E-state index in [-0.39, 0.29) is 11.6 Å². The molecule has 1 aromatic carbocycles. The van der Waals surface area contributed by atoms with E-state index in [2.05, 4.69) is 5.32 Å². The van der Waals surface area contributed by atoms with E-state index in [1.54, 1.807) is 45.0 Å². The number of hydrogen-bond acceptors (Lipinski definition) is 4. The molecule has 1 amide bonds. The lowest BCUT2D eigenvalue weighted by Gasteiger charge is -2.20. The van der Waals surface area contributed by atoms with Crippen LogP contribution in [-0.2, 0) is 4.74 Å². The molecule has 0 fully saturated rings. The second-order valence-electron chi connectivity index (χ2n) is 4.88. The average Bonchev–Trinajstić information content (AvgIpc) is 2.25. The molecule has 3 N–H and O–H groups in total. The van der Waals surface area contributed by atoms with Crippen LogP contribution in [0.4, 0.5) is 10.5 Å². The van der Waals surface area contributed by atoms with Crippen molar-refractivity contribution in [3.05, 3.63) is 24.3 Å². The van der Waals surface area contributed by atoms with E-state index in [0.29, 0.717) is 11.4 Å². The smallest absolute Gasteiger partial charge is 0.412 e. The van der Waals surface area contributed by atoms with E-state index in [9.17, 15) is 4.79 Å². The number of carbonyl (C=O) groups excluding carboxylic acids is 1. The number of nitrogens with one attached hydrogen (secondary N) is 1. The van der Waals surface area contributed by atoms with Gasteiger partial charge in [-0.05, 0) is 32.9 Å².